The minimum atomic E-state index is -0.955. The van der Waals surface area contributed by atoms with Crippen LogP contribution in [0.3, 0.4) is 0 Å². The number of benzene rings is 1. The van der Waals surface area contributed by atoms with Crippen LogP contribution in [0, 0.1) is 0 Å². The summed E-state index contributed by atoms with van der Waals surface area (Å²) in [6.45, 7) is 5.57. The Labute approximate surface area is 180 Å². The standard InChI is InChI=1S/C21H27N5O5/c22-6-12-31-13-11-24-7-9-25(10-8-24)15-3-1-2-14-18(15)21(30)26(20(14)29)16-4-5-17(27)23-19(16)28/h1-3,16H,4-13,22H2,(H,23,27,28). The Kier molecular flexibility index (Phi) is 6.30. The van der Waals surface area contributed by atoms with Crippen molar-refractivity contribution in [3.05, 3.63) is 29.3 Å². The summed E-state index contributed by atoms with van der Waals surface area (Å²) in [5.74, 6) is -1.93. The van der Waals surface area contributed by atoms with Crippen LogP contribution < -0.4 is 16.0 Å². The van der Waals surface area contributed by atoms with E-state index in [1.54, 1.807) is 12.1 Å². The topological polar surface area (TPSA) is 125 Å². The first-order chi connectivity index (χ1) is 15.0. The van der Waals surface area contributed by atoms with Gasteiger partial charge in [-0.2, -0.15) is 0 Å². The first-order valence-electron chi connectivity index (χ1n) is 10.6. The molecule has 0 saturated carbocycles. The molecule has 3 aliphatic rings. The summed E-state index contributed by atoms with van der Waals surface area (Å²) in [7, 11) is 0. The molecule has 3 N–H and O–H groups in total. The van der Waals surface area contributed by atoms with Crippen molar-refractivity contribution < 1.29 is 23.9 Å². The van der Waals surface area contributed by atoms with Gasteiger partial charge < -0.3 is 15.4 Å². The van der Waals surface area contributed by atoms with Crippen LogP contribution in [0.25, 0.3) is 0 Å². The van der Waals surface area contributed by atoms with Gasteiger partial charge in [0.2, 0.25) is 11.8 Å². The fourth-order valence-corrected chi connectivity index (χ4v) is 4.35. The highest BCUT2D eigenvalue weighted by Gasteiger charge is 2.46. The van der Waals surface area contributed by atoms with Gasteiger partial charge in [0.15, 0.2) is 0 Å². The average molecular weight is 429 g/mol. The lowest BCUT2D eigenvalue weighted by atomic mass is 10.0. The number of imide groups is 2. The van der Waals surface area contributed by atoms with Crippen LogP contribution in [0.2, 0.25) is 0 Å². The second-order valence-corrected chi connectivity index (χ2v) is 7.88. The molecule has 1 aromatic rings. The number of rotatable bonds is 7. The predicted molar refractivity (Wildman–Crippen MR) is 112 cm³/mol. The third-order valence-corrected chi connectivity index (χ3v) is 5.97. The molecule has 1 unspecified atom stereocenters. The Bertz CT molecular complexity index is 896. The van der Waals surface area contributed by atoms with E-state index in [1.165, 1.54) is 0 Å². The first-order valence-corrected chi connectivity index (χ1v) is 10.6. The molecule has 1 atom stereocenters. The number of carbonyl (C=O) groups is 4. The summed E-state index contributed by atoms with van der Waals surface area (Å²) in [5.41, 5.74) is 6.80. The van der Waals surface area contributed by atoms with Gasteiger partial charge >= 0.3 is 0 Å². The number of nitrogens with one attached hydrogen (secondary N) is 1. The maximum absolute atomic E-state index is 13.2. The molecule has 2 saturated heterocycles. The Balaban J connectivity index is 1.47. The molecule has 1 aromatic carbocycles. The number of hydrogen-bond acceptors (Lipinski definition) is 8. The van der Waals surface area contributed by atoms with Crippen molar-refractivity contribution >= 4 is 29.3 Å². The van der Waals surface area contributed by atoms with Gasteiger partial charge in [-0.3, -0.25) is 34.3 Å². The average Bonchev–Trinajstić information content (AvgIpc) is 3.02. The summed E-state index contributed by atoms with van der Waals surface area (Å²) >= 11 is 0. The molecule has 0 spiro atoms. The zero-order valence-corrected chi connectivity index (χ0v) is 17.3. The predicted octanol–water partition coefficient (Wildman–Crippen LogP) is -0.815. The van der Waals surface area contributed by atoms with E-state index in [-0.39, 0.29) is 18.7 Å². The number of fused-ring (bicyclic) bond motifs is 1. The number of amides is 4. The molecule has 0 aliphatic carbocycles. The third-order valence-electron chi connectivity index (χ3n) is 5.97. The molecule has 0 radical (unpaired) electrons. The summed E-state index contributed by atoms with van der Waals surface area (Å²) in [6.07, 6.45) is 0.254. The second kappa shape index (κ2) is 9.13. The zero-order chi connectivity index (χ0) is 22.0. The number of nitrogens with two attached hydrogens (primary N) is 1. The van der Waals surface area contributed by atoms with Crippen LogP contribution in [0.4, 0.5) is 5.69 Å². The fraction of sp³-hybridized carbons (Fsp3) is 0.524. The maximum atomic E-state index is 13.2. The Morgan fingerprint density at radius 3 is 2.52 bits per heavy atom. The minimum absolute atomic E-state index is 0.105. The van der Waals surface area contributed by atoms with Gasteiger partial charge in [0.25, 0.3) is 11.8 Å². The van der Waals surface area contributed by atoms with Crippen LogP contribution in [0.5, 0.6) is 0 Å². The second-order valence-electron chi connectivity index (χ2n) is 7.88. The molecule has 10 heteroatoms. The molecule has 0 bridgehead atoms. The van der Waals surface area contributed by atoms with E-state index in [1.807, 2.05) is 6.07 Å². The normalized spacial score (nSPS) is 22.2. The molecule has 2 fully saturated rings. The summed E-state index contributed by atoms with van der Waals surface area (Å²) in [4.78, 5) is 55.4. The van der Waals surface area contributed by atoms with Gasteiger partial charge in [-0.1, -0.05) is 6.07 Å². The van der Waals surface area contributed by atoms with Crippen LogP contribution >= 0.6 is 0 Å². The number of piperidine rings is 1. The molecule has 0 aromatic heterocycles. The molecule has 3 heterocycles. The van der Waals surface area contributed by atoms with Crippen molar-refractivity contribution in [3.63, 3.8) is 0 Å². The van der Waals surface area contributed by atoms with Gasteiger partial charge in [0, 0.05) is 45.7 Å². The minimum Gasteiger partial charge on any atom is -0.379 e. The van der Waals surface area contributed by atoms with Crippen molar-refractivity contribution in [2.75, 3.05) is 57.4 Å². The molecular weight excluding hydrogens is 402 g/mol. The van der Waals surface area contributed by atoms with Gasteiger partial charge in [-0.15, -0.1) is 0 Å². The number of ether oxygens (including phenoxy) is 1. The van der Waals surface area contributed by atoms with Crippen molar-refractivity contribution in [1.82, 2.24) is 15.1 Å². The van der Waals surface area contributed by atoms with E-state index in [2.05, 4.69) is 15.1 Å². The highest BCUT2D eigenvalue weighted by molar-refractivity contribution is 6.25. The Morgan fingerprint density at radius 2 is 1.81 bits per heavy atom. The Morgan fingerprint density at radius 1 is 1.03 bits per heavy atom. The van der Waals surface area contributed by atoms with Crippen molar-refractivity contribution in [1.29, 1.82) is 0 Å². The van der Waals surface area contributed by atoms with Crippen LogP contribution in [0.15, 0.2) is 18.2 Å². The van der Waals surface area contributed by atoms with E-state index in [0.717, 1.165) is 24.5 Å². The molecule has 4 amide bonds. The van der Waals surface area contributed by atoms with Crippen LogP contribution in [-0.4, -0.2) is 92.0 Å². The van der Waals surface area contributed by atoms with Crippen molar-refractivity contribution in [2.24, 2.45) is 5.73 Å². The smallest absolute Gasteiger partial charge is 0.264 e. The lowest BCUT2D eigenvalue weighted by Gasteiger charge is -2.36. The lowest BCUT2D eigenvalue weighted by molar-refractivity contribution is -0.136. The molecule has 166 valence electrons. The van der Waals surface area contributed by atoms with E-state index >= 15 is 0 Å². The summed E-state index contributed by atoms with van der Waals surface area (Å²) in [6, 6.07) is 4.28. The third kappa shape index (κ3) is 4.18. The maximum Gasteiger partial charge on any atom is 0.264 e. The number of carbonyl (C=O) groups excluding carboxylic acids is 4. The van der Waals surface area contributed by atoms with E-state index in [9.17, 15) is 19.2 Å². The largest absolute Gasteiger partial charge is 0.379 e. The Hall–Kier alpha value is -2.82. The molecular formula is C21H27N5O5. The molecule has 31 heavy (non-hydrogen) atoms. The van der Waals surface area contributed by atoms with Crippen LogP contribution in [0.1, 0.15) is 33.6 Å². The lowest BCUT2D eigenvalue weighted by Crippen LogP contribution is -2.54. The zero-order valence-electron chi connectivity index (χ0n) is 17.3. The molecule has 10 nitrogen and oxygen atoms in total. The first kappa shape index (κ1) is 21.4. The number of anilines is 1. The van der Waals surface area contributed by atoms with Crippen LogP contribution in [-0.2, 0) is 14.3 Å². The van der Waals surface area contributed by atoms with Crippen molar-refractivity contribution in [3.8, 4) is 0 Å². The van der Waals surface area contributed by atoms with E-state index < -0.39 is 23.8 Å². The molecule has 4 rings (SSSR count). The van der Waals surface area contributed by atoms with E-state index in [0.29, 0.717) is 49.7 Å². The van der Waals surface area contributed by atoms with Gasteiger partial charge in [-0.05, 0) is 18.6 Å². The van der Waals surface area contributed by atoms with Gasteiger partial charge in [0.05, 0.1) is 30.0 Å². The highest BCUT2D eigenvalue weighted by atomic mass is 16.5. The number of piperazine rings is 1. The number of hydrogen-bond donors (Lipinski definition) is 2. The van der Waals surface area contributed by atoms with Gasteiger partial charge in [0.1, 0.15) is 6.04 Å². The van der Waals surface area contributed by atoms with E-state index in [4.69, 9.17) is 10.5 Å². The quantitative estimate of drug-likeness (QED) is 0.426. The molecule has 3 aliphatic heterocycles. The van der Waals surface area contributed by atoms with Crippen molar-refractivity contribution in [2.45, 2.75) is 18.9 Å². The SMILES string of the molecule is NCCOCCN1CCN(c2cccc3c2C(=O)N(C2CCC(=O)NC2=O)C3=O)CC1. The highest BCUT2D eigenvalue weighted by Crippen LogP contribution is 2.34. The summed E-state index contributed by atoms with van der Waals surface area (Å²) < 4.78 is 5.45. The number of nitrogens with zero attached hydrogens (tertiary/aromatic N) is 3. The summed E-state index contributed by atoms with van der Waals surface area (Å²) in [5, 5.41) is 2.22. The van der Waals surface area contributed by atoms with Gasteiger partial charge in [-0.25, -0.2) is 0 Å². The monoisotopic (exact) mass is 429 g/mol. The fourth-order valence-electron chi connectivity index (χ4n) is 4.35.